The van der Waals surface area contributed by atoms with Crippen molar-refractivity contribution in [1.29, 1.82) is 5.26 Å². The quantitative estimate of drug-likeness (QED) is 0.910. The highest BCUT2D eigenvalue weighted by atomic mass is 79.9. The van der Waals surface area contributed by atoms with Crippen LogP contribution < -0.4 is 5.32 Å². The van der Waals surface area contributed by atoms with Crippen molar-refractivity contribution in [3.8, 4) is 11.8 Å². The third-order valence-corrected chi connectivity index (χ3v) is 3.17. The zero-order valence-corrected chi connectivity index (χ0v) is 11.1. The van der Waals surface area contributed by atoms with E-state index in [-0.39, 0.29) is 5.75 Å². The zero-order chi connectivity index (χ0) is 13.0. The van der Waals surface area contributed by atoms with E-state index in [1.54, 1.807) is 24.3 Å². The smallest absolute Gasteiger partial charge is 0.115 e. The lowest BCUT2D eigenvalue weighted by Crippen LogP contribution is -1.99. The Hall–Kier alpha value is -1.99. The number of hydrogen-bond acceptors (Lipinski definition) is 3. The van der Waals surface area contributed by atoms with Crippen molar-refractivity contribution >= 4 is 21.6 Å². The summed E-state index contributed by atoms with van der Waals surface area (Å²) in [6.45, 7) is 0.658. The van der Waals surface area contributed by atoms with Crippen LogP contribution in [0.4, 0.5) is 5.69 Å². The molecular formula is C14H11BrN2O. The number of aromatic hydroxyl groups is 1. The second-order valence-electron chi connectivity index (χ2n) is 3.83. The van der Waals surface area contributed by atoms with E-state index >= 15 is 0 Å². The highest BCUT2D eigenvalue weighted by Gasteiger charge is 2.01. The Labute approximate surface area is 114 Å². The maximum atomic E-state index is 9.19. The van der Waals surface area contributed by atoms with E-state index in [4.69, 9.17) is 5.26 Å². The van der Waals surface area contributed by atoms with Crippen LogP contribution in [0, 0.1) is 11.3 Å². The molecule has 0 aliphatic heterocycles. The van der Waals surface area contributed by atoms with Gasteiger partial charge in [-0.25, -0.2) is 0 Å². The third kappa shape index (κ3) is 3.02. The molecule has 0 bridgehead atoms. The van der Waals surface area contributed by atoms with E-state index in [2.05, 4.69) is 27.3 Å². The number of nitriles is 1. The fraction of sp³-hybridized carbons (Fsp3) is 0.0714. The molecule has 2 aromatic rings. The number of phenols is 1. The molecule has 4 heteroatoms. The number of nitrogens with one attached hydrogen (secondary N) is 1. The number of hydrogen-bond donors (Lipinski definition) is 2. The zero-order valence-electron chi connectivity index (χ0n) is 9.52. The molecule has 0 atom stereocenters. The van der Waals surface area contributed by atoms with E-state index in [0.717, 1.165) is 15.7 Å². The lowest BCUT2D eigenvalue weighted by Gasteiger charge is -2.09. The largest absolute Gasteiger partial charge is 0.508 e. The number of nitrogens with zero attached hydrogens (tertiary/aromatic N) is 1. The van der Waals surface area contributed by atoms with Crippen molar-refractivity contribution in [2.24, 2.45) is 0 Å². The summed E-state index contributed by atoms with van der Waals surface area (Å²) in [5, 5.41) is 21.2. The molecule has 2 rings (SSSR count). The van der Waals surface area contributed by atoms with Gasteiger partial charge in [0, 0.05) is 16.7 Å². The molecule has 0 heterocycles. The van der Waals surface area contributed by atoms with Gasteiger partial charge < -0.3 is 10.4 Å². The molecule has 0 spiro atoms. The van der Waals surface area contributed by atoms with Crippen molar-refractivity contribution in [3.63, 3.8) is 0 Å². The molecule has 18 heavy (non-hydrogen) atoms. The molecule has 0 aromatic heterocycles. The molecule has 2 aromatic carbocycles. The van der Waals surface area contributed by atoms with Gasteiger partial charge in [0.1, 0.15) is 5.75 Å². The first-order chi connectivity index (χ1) is 8.69. The average molecular weight is 303 g/mol. The molecule has 0 radical (unpaired) electrons. The Bertz CT molecular complexity index is 588. The van der Waals surface area contributed by atoms with E-state index in [0.29, 0.717) is 12.1 Å². The summed E-state index contributed by atoms with van der Waals surface area (Å²) in [5.41, 5.74) is 2.63. The van der Waals surface area contributed by atoms with Gasteiger partial charge in [0.15, 0.2) is 0 Å². The molecule has 90 valence electrons. The minimum absolute atomic E-state index is 0.262. The number of halogens is 1. The molecule has 0 aliphatic rings. The van der Waals surface area contributed by atoms with Crippen LogP contribution in [-0.4, -0.2) is 5.11 Å². The summed E-state index contributed by atoms with van der Waals surface area (Å²) in [4.78, 5) is 0. The monoisotopic (exact) mass is 302 g/mol. The second kappa shape index (κ2) is 5.56. The molecule has 0 saturated heterocycles. The van der Waals surface area contributed by atoms with Crippen LogP contribution in [0.25, 0.3) is 0 Å². The van der Waals surface area contributed by atoms with Crippen LogP contribution in [0.15, 0.2) is 46.9 Å². The molecule has 2 N–H and O–H groups in total. The van der Waals surface area contributed by atoms with Crippen LogP contribution in [-0.2, 0) is 6.54 Å². The van der Waals surface area contributed by atoms with Crippen molar-refractivity contribution in [1.82, 2.24) is 0 Å². The summed E-state index contributed by atoms with van der Waals surface area (Å²) >= 11 is 3.42. The van der Waals surface area contributed by atoms with Gasteiger partial charge in [0.2, 0.25) is 0 Å². The van der Waals surface area contributed by atoms with Gasteiger partial charge in [-0.05, 0) is 51.8 Å². The lowest BCUT2D eigenvalue weighted by molar-refractivity contribution is 0.475. The van der Waals surface area contributed by atoms with Crippen LogP contribution >= 0.6 is 15.9 Å². The molecule has 3 nitrogen and oxygen atoms in total. The van der Waals surface area contributed by atoms with Crippen molar-refractivity contribution in [3.05, 3.63) is 58.1 Å². The fourth-order valence-electron chi connectivity index (χ4n) is 1.54. The van der Waals surface area contributed by atoms with E-state index in [1.807, 2.05) is 18.2 Å². The number of anilines is 1. The van der Waals surface area contributed by atoms with Crippen molar-refractivity contribution in [2.75, 3.05) is 5.32 Å². The van der Waals surface area contributed by atoms with Gasteiger partial charge >= 0.3 is 0 Å². The van der Waals surface area contributed by atoms with E-state index < -0.39 is 0 Å². The Balaban J connectivity index is 2.06. The SMILES string of the molecule is N#Cc1ccc(NCc2ccc(O)cc2)c(Br)c1. The molecule has 0 aliphatic carbocycles. The third-order valence-electron chi connectivity index (χ3n) is 2.52. The maximum Gasteiger partial charge on any atom is 0.115 e. The number of benzene rings is 2. The van der Waals surface area contributed by atoms with Gasteiger partial charge in [-0.3, -0.25) is 0 Å². The van der Waals surface area contributed by atoms with E-state index in [9.17, 15) is 5.11 Å². The fourth-order valence-corrected chi connectivity index (χ4v) is 2.06. The molecular weight excluding hydrogens is 292 g/mol. The second-order valence-corrected chi connectivity index (χ2v) is 4.68. The molecule has 0 amide bonds. The van der Waals surface area contributed by atoms with Crippen LogP contribution in [0.2, 0.25) is 0 Å². The Morgan fingerprint density at radius 1 is 1.17 bits per heavy atom. The van der Waals surface area contributed by atoms with Crippen molar-refractivity contribution in [2.45, 2.75) is 6.54 Å². The summed E-state index contributed by atoms with van der Waals surface area (Å²) in [6.07, 6.45) is 0. The Morgan fingerprint density at radius 2 is 1.89 bits per heavy atom. The van der Waals surface area contributed by atoms with Crippen LogP contribution in [0.1, 0.15) is 11.1 Å². The number of phenolic OH excluding ortho intramolecular Hbond substituents is 1. The standard InChI is InChI=1S/C14H11BrN2O/c15-13-7-11(8-16)3-6-14(13)17-9-10-1-4-12(18)5-2-10/h1-7,17-18H,9H2. The van der Waals surface area contributed by atoms with Crippen LogP contribution in [0.5, 0.6) is 5.75 Å². The molecule has 0 unspecified atom stereocenters. The molecule has 0 fully saturated rings. The first kappa shape index (κ1) is 12.5. The van der Waals surface area contributed by atoms with Gasteiger partial charge in [0.25, 0.3) is 0 Å². The topological polar surface area (TPSA) is 56.0 Å². The Morgan fingerprint density at radius 3 is 2.50 bits per heavy atom. The maximum absolute atomic E-state index is 9.19. The van der Waals surface area contributed by atoms with Gasteiger partial charge in [-0.15, -0.1) is 0 Å². The summed E-state index contributed by atoms with van der Waals surface area (Å²) in [6, 6.07) is 14.5. The van der Waals surface area contributed by atoms with Gasteiger partial charge in [0.05, 0.1) is 11.6 Å². The lowest BCUT2D eigenvalue weighted by atomic mass is 10.2. The predicted molar refractivity (Wildman–Crippen MR) is 74.3 cm³/mol. The first-order valence-corrected chi connectivity index (χ1v) is 6.20. The summed E-state index contributed by atoms with van der Waals surface area (Å²) in [5.74, 6) is 0.262. The molecule has 0 saturated carbocycles. The predicted octanol–water partition coefficient (Wildman–Crippen LogP) is 3.64. The minimum Gasteiger partial charge on any atom is -0.508 e. The first-order valence-electron chi connectivity index (χ1n) is 5.40. The normalized spacial score (nSPS) is 9.78. The number of rotatable bonds is 3. The van der Waals surface area contributed by atoms with Gasteiger partial charge in [-0.1, -0.05) is 12.1 Å². The highest BCUT2D eigenvalue weighted by Crippen LogP contribution is 2.24. The highest BCUT2D eigenvalue weighted by molar-refractivity contribution is 9.10. The summed E-state index contributed by atoms with van der Waals surface area (Å²) < 4.78 is 0.861. The summed E-state index contributed by atoms with van der Waals surface area (Å²) in [7, 11) is 0. The van der Waals surface area contributed by atoms with E-state index in [1.165, 1.54) is 0 Å². The Kier molecular flexibility index (Phi) is 3.85. The average Bonchev–Trinajstić information content (AvgIpc) is 2.39. The van der Waals surface area contributed by atoms with Gasteiger partial charge in [-0.2, -0.15) is 5.26 Å². The minimum atomic E-state index is 0.262. The van der Waals surface area contributed by atoms with Crippen molar-refractivity contribution < 1.29 is 5.11 Å². The van der Waals surface area contributed by atoms with Crippen LogP contribution in [0.3, 0.4) is 0 Å².